The summed E-state index contributed by atoms with van der Waals surface area (Å²) >= 11 is 0.601. The van der Waals surface area contributed by atoms with Crippen molar-refractivity contribution in [1.82, 2.24) is 5.32 Å². The van der Waals surface area contributed by atoms with Crippen LogP contribution in [0.15, 0.2) is 9.70 Å². The maximum absolute atomic E-state index is 12.4. The summed E-state index contributed by atoms with van der Waals surface area (Å²) in [6.07, 6.45) is -0.756. The number of alkyl halides is 1. The molecular formula is C11H16ClNO4Te. The van der Waals surface area contributed by atoms with Crippen molar-refractivity contribution in [2.75, 3.05) is 5.88 Å². The molecule has 1 fully saturated rings. The fourth-order valence-corrected chi connectivity index (χ4v) is 9.53. The molecule has 0 unspecified atom stereocenters. The van der Waals surface area contributed by atoms with E-state index >= 15 is 0 Å². The number of nitrogens with one attached hydrogen (secondary N) is 1. The standard InChI is InChI=1S/C11H16ClNO4Te/c1-6(2)9(14)11-8(13-10(11)15)7(3-4-12)5-18(11,16)17/h5-6,8-9,14H,3-4H2,1-2H3,(H,13,15)/t8-,9-,11-/m0/s1. The third kappa shape index (κ3) is 1.59. The van der Waals surface area contributed by atoms with Crippen molar-refractivity contribution in [3.05, 3.63) is 9.70 Å². The number of amides is 1. The summed E-state index contributed by atoms with van der Waals surface area (Å²) < 4.78 is 24.3. The Morgan fingerprint density at radius 1 is 1.56 bits per heavy atom. The van der Waals surface area contributed by atoms with Crippen LogP contribution >= 0.6 is 11.6 Å². The fourth-order valence-electron chi connectivity index (χ4n) is 2.71. The summed E-state index contributed by atoms with van der Waals surface area (Å²) in [4.78, 5) is 11.9. The average Bonchev–Trinajstić information content (AvgIpc) is 2.41. The molecular weight excluding hydrogens is 373 g/mol. The Bertz CT molecular complexity index is 513. The first-order valence-corrected chi connectivity index (χ1v) is 10.7. The van der Waals surface area contributed by atoms with Gasteiger partial charge in [-0.3, -0.25) is 0 Å². The van der Waals surface area contributed by atoms with E-state index in [4.69, 9.17) is 11.6 Å². The van der Waals surface area contributed by atoms with Crippen LogP contribution in [0.3, 0.4) is 0 Å². The summed E-state index contributed by atoms with van der Waals surface area (Å²) in [5, 5.41) is 12.8. The minimum atomic E-state index is -5.04. The van der Waals surface area contributed by atoms with Gasteiger partial charge in [0.15, 0.2) is 0 Å². The Labute approximate surface area is 114 Å². The van der Waals surface area contributed by atoms with Crippen molar-refractivity contribution in [3.63, 3.8) is 0 Å². The van der Waals surface area contributed by atoms with Gasteiger partial charge in [-0.15, -0.1) is 0 Å². The number of hydrogen-bond donors (Lipinski definition) is 2. The predicted octanol–water partition coefficient (Wildman–Crippen LogP) is 0.653. The van der Waals surface area contributed by atoms with E-state index in [1.54, 1.807) is 13.8 Å². The molecule has 2 N–H and O–H groups in total. The van der Waals surface area contributed by atoms with Gasteiger partial charge in [-0.1, -0.05) is 0 Å². The van der Waals surface area contributed by atoms with Gasteiger partial charge in [0.1, 0.15) is 0 Å². The summed E-state index contributed by atoms with van der Waals surface area (Å²) in [6, 6.07) is -0.586. The summed E-state index contributed by atoms with van der Waals surface area (Å²) in [6.45, 7) is 3.42. The van der Waals surface area contributed by atoms with Crippen LogP contribution in [0.5, 0.6) is 0 Å². The first-order valence-electron chi connectivity index (χ1n) is 5.79. The van der Waals surface area contributed by atoms with Gasteiger partial charge in [0.25, 0.3) is 0 Å². The molecule has 2 aliphatic heterocycles. The Morgan fingerprint density at radius 2 is 2.17 bits per heavy atom. The number of aliphatic hydroxyl groups excluding tert-OH is 1. The second kappa shape index (κ2) is 4.45. The van der Waals surface area contributed by atoms with E-state index in [0.29, 0.717) is 17.9 Å². The molecule has 0 bridgehead atoms. The second-order valence-corrected chi connectivity index (χ2v) is 11.2. The quantitative estimate of drug-likeness (QED) is 0.420. The summed E-state index contributed by atoms with van der Waals surface area (Å²) in [5.74, 6) is -0.568. The maximum atomic E-state index is 12.4. The zero-order chi connectivity index (χ0) is 13.7. The zero-order valence-electron chi connectivity index (χ0n) is 10.2. The molecule has 2 aliphatic rings. The average molecular weight is 389 g/mol. The number of aliphatic hydroxyl groups is 1. The first-order chi connectivity index (χ1) is 8.29. The summed E-state index contributed by atoms with van der Waals surface area (Å²) in [7, 11) is 0. The van der Waals surface area contributed by atoms with Crippen molar-refractivity contribution in [2.45, 2.75) is 35.9 Å². The minimum absolute atomic E-state index is 0.295. The normalized spacial score (nSPS) is 34.6. The van der Waals surface area contributed by atoms with Crippen molar-refractivity contribution < 1.29 is 16.1 Å². The topological polar surface area (TPSA) is 83.5 Å². The Hall–Kier alpha value is -0.150. The van der Waals surface area contributed by atoms with Crippen LogP contribution in [-0.2, 0) is 11.0 Å². The SMILES string of the molecule is CC(C)[C@H](O)[C@]12C(=O)N[C@H]1C(CCCl)=C[Te]2(=O)=O. The molecule has 7 heteroatoms. The number of fused-ring (bicyclic) bond motifs is 1. The van der Waals surface area contributed by atoms with Crippen molar-refractivity contribution >= 4 is 35.7 Å². The number of carbonyl (C=O) groups excluding carboxylic acids is 1. The molecule has 5 nitrogen and oxygen atoms in total. The van der Waals surface area contributed by atoms with Crippen LogP contribution < -0.4 is 5.32 Å². The van der Waals surface area contributed by atoms with E-state index in [1.165, 1.54) is 4.12 Å². The van der Waals surface area contributed by atoms with Gasteiger partial charge >= 0.3 is 114 Å². The molecule has 0 saturated carbocycles. The number of hydrogen-bond acceptors (Lipinski definition) is 4. The van der Waals surface area contributed by atoms with E-state index in [0.717, 1.165) is 0 Å². The Morgan fingerprint density at radius 3 is 2.61 bits per heavy atom. The number of carbonyl (C=O) groups is 1. The van der Waals surface area contributed by atoms with Gasteiger partial charge in [0, 0.05) is 0 Å². The van der Waals surface area contributed by atoms with E-state index < -0.39 is 39.7 Å². The van der Waals surface area contributed by atoms with Crippen LogP contribution in [0, 0.1) is 5.92 Å². The van der Waals surface area contributed by atoms with Crippen molar-refractivity contribution in [1.29, 1.82) is 0 Å². The van der Waals surface area contributed by atoms with Crippen LogP contribution in [0.2, 0.25) is 3.46 Å². The van der Waals surface area contributed by atoms with Crippen LogP contribution in [-0.4, -0.2) is 47.2 Å². The molecule has 0 radical (unpaired) electrons. The molecule has 102 valence electrons. The van der Waals surface area contributed by atoms with Crippen LogP contribution in [0.4, 0.5) is 0 Å². The fraction of sp³-hybridized carbons (Fsp3) is 0.727. The van der Waals surface area contributed by atoms with Gasteiger partial charge in [0.2, 0.25) is 0 Å². The Balaban J connectivity index is 2.49. The van der Waals surface area contributed by atoms with E-state index in [9.17, 15) is 16.1 Å². The van der Waals surface area contributed by atoms with E-state index in [-0.39, 0.29) is 5.92 Å². The second-order valence-electron chi connectivity index (χ2n) is 5.07. The third-order valence-corrected chi connectivity index (χ3v) is 10.2. The van der Waals surface area contributed by atoms with Gasteiger partial charge in [-0.2, -0.15) is 0 Å². The molecule has 0 aromatic carbocycles. The molecule has 0 aliphatic carbocycles. The molecule has 1 saturated heterocycles. The molecule has 0 aromatic rings. The van der Waals surface area contributed by atoms with Gasteiger partial charge in [0.05, 0.1) is 0 Å². The van der Waals surface area contributed by atoms with Gasteiger partial charge < -0.3 is 0 Å². The van der Waals surface area contributed by atoms with Crippen LogP contribution in [0.25, 0.3) is 0 Å². The van der Waals surface area contributed by atoms with Crippen molar-refractivity contribution in [2.24, 2.45) is 5.92 Å². The van der Waals surface area contributed by atoms with E-state index in [2.05, 4.69) is 5.32 Å². The third-order valence-electron chi connectivity index (χ3n) is 3.66. The van der Waals surface area contributed by atoms with Gasteiger partial charge in [-0.25, -0.2) is 0 Å². The van der Waals surface area contributed by atoms with Crippen molar-refractivity contribution in [3.8, 4) is 0 Å². The monoisotopic (exact) mass is 391 g/mol. The number of rotatable bonds is 4. The molecule has 3 atom stereocenters. The molecule has 18 heavy (non-hydrogen) atoms. The zero-order valence-corrected chi connectivity index (χ0v) is 13.3. The molecule has 2 heterocycles. The van der Waals surface area contributed by atoms with Crippen LogP contribution in [0.1, 0.15) is 20.3 Å². The Kier molecular flexibility index (Phi) is 3.52. The molecule has 2 rings (SSSR count). The first kappa shape index (κ1) is 14.3. The number of β-lactam (4-membered cyclic amide) rings is 1. The van der Waals surface area contributed by atoms with E-state index in [1.807, 2.05) is 0 Å². The predicted molar refractivity (Wildman–Crippen MR) is 66.0 cm³/mol. The summed E-state index contributed by atoms with van der Waals surface area (Å²) in [5.41, 5.74) is 0.621. The molecule has 0 aromatic heterocycles. The number of halogens is 1. The molecule has 0 spiro atoms. The molecule has 1 amide bonds. The van der Waals surface area contributed by atoms with Gasteiger partial charge in [-0.05, 0) is 0 Å².